The average Bonchev–Trinajstić information content (AvgIpc) is 2.86. The Labute approximate surface area is 105 Å². The minimum Gasteiger partial charge on any atom is -0.317 e. The molecule has 0 atom stereocenters. The lowest BCUT2D eigenvalue weighted by atomic mass is 9.90. The van der Waals surface area contributed by atoms with Gasteiger partial charge in [-0.2, -0.15) is 5.10 Å². The fourth-order valence-corrected chi connectivity index (χ4v) is 2.49. The summed E-state index contributed by atoms with van der Waals surface area (Å²) in [6, 6.07) is 8.19. The molecule has 94 valence electrons. The molecule has 2 aromatic rings. The molecule has 1 aromatic heterocycles. The topological polar surface area (TPSA) is 62.7 Å². The van der Waals surface area contributed by atoms with E-state index in [9.17, 15) is 4.79 Å². The summed E-state index contributed by atoms with van der Waals surface area (Å²) in [5, 5.41) is 9.49. The maximum absolute atomic E-state index is 11.4. The van der Waals surface area contributed by atoms with Gasteiger partial charge >= 0.3 is 5.69 Å². The van der Waals surface area contributed by atoms with Gasteiger partial charge in [-0.1, -0.05) is 12.1 Å². The number of hydrogen-bond donors (Lipinski definition) is 2. The zero-order chi connectivity index (χ0) is 12.4. The van der Waals surface area contributed by atoms with Crippen LogP contribution in [-0.2, 0) is 0 Å². The third kappa shape index (κ3) is 2.09. The van der Waals surface area contributed by atoms with Gasteiger partial charge < -0.3 is 5.32 Å². The highest BCUT2D eigenvalue weighted by atomic mass is 16.1. The van der Waals surface area contributed by atoms with E-state index in [4.69, 9.17) is 0 Å². The first kappa shape index (κ1) is 11.2. The Balaban J connectivity index is 1.85. The molecule has 2 N–H and O–H groups in total. The van der Waals surface area contributed by atoms with Crippen LogP contribution in [0.1, 0.15) is 24.3 Å². The molecule has 3 rings (SSSR count). The predicted molar refractivity (Wildman–Crippen MR) is 69.0 cm³/mol. The maximum atomic E-state index is 11.4. The van der Waals surface area contributed by atoms with Crippen molar-refractivity contribution in [3.8, 4) is 5.69 Å². The predicted octanol–water partition coefficient (Wildman–Crippen LogP) is 1.03. The molecule has 0 aliphatic carbocycles. The molecule has 1 aliphatic heterocycles. The van der Waals surface area contributed by atoms with Crippen LogP contribution in [0.3, 0.4) is 0 Å². The summed E-state index contributed by atoms with van der Waals surface area (Å²) in [6.07, 6.45) is 3.87. The van der Waals surface area contributed by atoms with Crippen LogP contribution in [0.2, 0.25) is 0 Å². The van der Waals surface area contributed by atoms with Crippen molar-refractivity contribution in [3.63, 3.8) is 0 Å². The van der Waals surface area contributed by atoms with E-state index < -0.39 is 0 Å². The lowest BCUT2D eigenvalue weighted by Crippen LogP contribution is -2.26. The van der Waals surface area contributed by atoms with Gasteiger partial charge in [0.15, 0.2) is 0 Å². The van der Waals surface area contributed by atoms with Crippen LogP contribution in [0.15, 0.2) is 35.4 Å². The van der Waals surface area contributed by atoms with E-state index >= 15 is 0 Å². The third-order valence-corrected chi connectivity index (χ3v) is 3.53. The molecule has 1 aromatic carbocycles. The van der Waals surface area contributed by atoms with Gasteiger partial charge in [-0.05, 0) is 49.5 Å². The quantitative estimate of drug-likeness (QED) is 0.829. The van der Waals surface area contributed by atoms with Crippen molar-refractivity contribution in [2.45, 2.75) is 18.8 Å². The Hall–Kier alpha value is -1.88. The van der Waals surface area contributed by atoms with Crippen molar-refractivity contribution >= 4 is 0 Å². The third-order valence-electron chi connectivity index (χ3n) is 3.53. The number of nitrogens with one attached hydrogen (secondary N) is 2. The minimum absolute atomic E-state index is 0.204. The monoisotopic (exact) mass is 244 g/mol. The van der Waals surface area contributed by atoms with E-state index in [0.717, 1.165) is 18.8 Å². The number of aromatic nitrogens is 3. The highest BCUT2D eigenvalue weighted by Crippen LogP contribution is 2.25. The number of aromatic amines is 1. The molecule has 0 unspecified atom stereocenters. The van der Waals surface area contributed by atoms with Crippen molar-refractivity contribution in [3.05, 3.63) is 46.6 Å². The van der Waals surface area contributed by atoms with E-state index in [1.807, 2.05) is 12.1 Å². The molecule has 0 bridgehead atoms. The lowest BCUT2D eigenvalue weighted by Gasteiger charge is -2.23. The number of piperidine rings is 1. The summed E-state index contributed by atoms with van der Waals surface area (Å²) in [6.45, 7) is 2.18. The summed E-state index contributed by atoms with van der Waals surface area (Å²) >= 11 is 0. The van der Waals surface area contributed by atoms with E-state index in [0.29, 0.717) is 5.92 Å². The highest BCUT2D eigenvalue weighted by molar-refractivity contribution is 5.35. The van der Waals surface area contributed by atoms with Gasteiger partial charge in [0.25, 0.3) is 0 Å². The molecule has 1 saturated heterocycles. The first-order chi connectivity index (χ1) is 8.84. The molecule has 1 fully saturated rings. The van der Waals surface area contributed by atoms with Gasteiger partial charge in [-0.25, -0.2) is 14.5 Å². The minimum atomic E-state index is -0.204. The first-order valence-corrected chi connectivity index (χ1v) is 6.27. The van der Waals surface area contributed by atoms with Crippen molar-refractivity contribution < 1.29 is 0 Å². The number of hydrogen-bond acceptors (Lipinski definition) is 3. The molecule has 0 spiro atoms. The molecule has 0 amide bonds. The van der Waals surface area contributed by atoms with Crippen LogP contribution in [-0.4, -0.2) is 27.9 Å². The molecule has 0 radical (unpaired) electrons. The Bertz CT molecular complexity index is 563. The zero-order valence-corrected chi connectivity index (χ0v) is 10.1. The van der Waals surface area contributed by atoms with E-state index in [-0.39, 0.29) is 5.69 Å². The van der Waals surface area contributed by atoms with E-state index in [1.54, 1.807) is 0 Å². The largest absolute Gasteiger partial charge is 0.347 e. The van der Waals surface area contributed by atoms with Crippen LogP contribution in [0.25, 0.3) is 5.69 Å². The molecule has 2 heterocycles. The zero-order valence-electron chi connectivity index (χ0n) is 10.1. The standard InChI is InChI=1S/C13H16N4O/c18-13-16-15-9-17(13)12-3-1-10(2-4-12)11-5-7-14-8-6-11/h1-4,9,11,14H,5-8H2,(H,16,18). The van der Waals surface area contributed by atoms with Crippen LogP contribution in [0.5, 0.6) is 0 Å². The SMILES string of the molecule is O=c1[nH]ncn1-c1ccc(C2CCNCC2)cc1. The Morgan fingerprint density at radius 3 is 2.50 bits per heavy atom. The van der Waals surface area contributed by atoms with Crippen LogP contribution >= 0.6 is 0 Å². The van der Waals surface area contributed by atoms with Crippen LogP contribution in [0, 0.1) is 0 Å². The summed E-state index contributed by atoms with van der Waals surface area (Å²) in [4.78, 5) is 11.4. The number of H-pyrrole nitrogens is 1. The number of rotatable bonds is 2. The number of nitrogens with zero attached hydrogens (tertiary/aromatic N) is 2. The maximum Gasteiger partial charge on any atom is 0.347 e. The van der Waals surface area contributed by atoms with Crippen molar-refractivity contribution in [1.29, 1.82) is 0 Å². The average molecular weight is 244 g/mol. The number of benzene rings is 1. The second-order valence-electron chi connectivity index (χ2n) is 4.65. The van der Waals surface area contributed by atoms with Gasteiger partial charge in [-0.3, -0.25) is 0 Å². The summed E-state index contributed by atoms with van der Waals surface area (Å²) in [7, 11) is 0. The van der Waals surface area contributed by atoms with E-state index in [2.05, 4.69) is 27.6 Å². The van der Waals surface area contributed by atoms with Gasteiger partial charge in [0.2, 0.25) is 0 Å². The van der Waals surface area contributed by atoms with Crippen molar-refractivity contribution in [2.24, 2.45) is 0 Å². The summed E-state index contributed by atoms with van der Waals surface area (Å²) in [5.41, 5.74) is 2.01. The summed E-state index contributed by atoms with van der Waals surface area (Å²) in [5.74, 6) is 0.640. The molecule has 18 heavy (non-hydrogen) atoms. The lowest BCUT2D eigenvalue weighted by molar-refractivity contribution is 0.460. The molecular formula is C13H16N4O. The Kier molecular flexibility index (Phi) is 2.98. The van der Waals surface area contributed by atoms with Gasteiger partial charge in [0, 0.05) is 0 Å². The Morgan fingerprint density at radius 1 is 1.17 bits per heavy atom. The normalized spacial score (nSPS) is 16.9. The molecule has 5 heteroatoms. The second-order valence-corrected chi connectivity index (χ2v) is 4.65. The van der Waals surface area contributed by atoms with Gasteiger partial charge in [-0.15, -0.1) is 0 Å². The molecule has 0 saturated carbocycles. The second kappa shape index (κ2) is 4.78. The van der Waals surface area contributed by atoms with Gasteiger partial charge in [0.05, 0.1) is 5.69 Å². The van der Waals surface area contributed by atoms with Crippen LogP contribution in [0.4, 0.5) is 0 Å². The molecular weight excluding hydrogens is 228 g/mol. The summed E-state index contributed by atoms with van der Waals surface area (Å²) < 4.78 is 1.51. The smallest absolute Gasteiger partial charge is 0.317 e. The first-order valence-electron chi connectivity index (χ1n) is 6.27. The fourth-order valence-electron chi connectivity index (χ4n) is 2.49. The van der Waals surface area contributed by atoms with Gasteiger partial charge in [0.1, 0.15) is 6.33 Å². The van der Waals surface area contributed by atoms with Crippen molar-refractivity contribution in [2.75, 3.05) is 13.1 Å². The molecule has 5 nitrogen and oxygen atoms in total. The van der Waals surface area contributed by atoms with Crippen LogP contribution < -0.4 is 11.0 Å². The van der Waals surface area contributed by atoms with E-state index in [1.165, 1.54) is 29.3 Å². The fraction of sp³-hybridized carbons (Fsp3) is 0.385. The molecule has 1 aliphatic rings. The van der Waals surface area contributed by atoms with Crippen molar-refractivity contribution in [1.82, 2.24) is 20.1 Å². The highest BCUT2D eigenvalue weighted by Gasteiger charge is 2.14. The Morgan fingerprint density at radius 2 is 1.89 bits per heavy atom.